The van der Waals surface area contributed by atoms with Gasteiger partial charge in [0.05, 0.1) is 23.1 Å². The van der Waals surface area contributed by atoms with Crippen molar-refractivity contribution >= 4 is 16.0 Å². The standard InChI is InChI=1S/C18H21F6NO4S/c1-29-16(26)15(7-11-5-3-2-4-6-11)25-30(27,28)14-9-12(17(19,20)21)8-13(10-14)18(22,23)24/h8-11,15,25H,2-7H2,1H3. The molecule has 1 atom stereocenters. The molecule has 0 bridgehead atoms. The Bertz CT molecular complexity index is 828. The molecule has 1 aromatic rings. The van der Waals surface area contributed by atoms with Crippen LogP contribution in [0.2, 0.25) is 0 Å². The van der Waals surface area contributed by atoms with E-state index in [1.54, 1.807) is 0 Å². The minimum Gasteiger partial charge on any atom is -0.468 e. The van der Waals surface area contributed by atoms with E-state index in [4.69, 9.17) is 0 Å². The summed E-state index contributed by atoms with van der Waals surface area (Å²) in [4.78, 5) is 10.8. The highest BCUT2D eigenvalue weighted by atomic mass is 32.2. The summed E-state index contributed by atoms with van der Waals surface area (Å²) in [6.07, 6.45) is -6.13. The third-order valence-corrected chi connectivity index (χ3v) is 6.40. The van der Waals surface area contributed by atoms with Crippen LogP contribution < -0.4 is 4.72 Å². The zero-order chi connectivity index (χ0) is 22.7. The van der Waals surface area contributed by atoms with Gasteiger partial charge in [0.1, 0.15) is 6.04 Å². The minimum atomic E-state index is -5.20. The first kappa shape index (κ1) is 24.4. The number of halogens is 6. The number of nitrogens with one attached hydrogen (secondary N) is 1. The van der Waals surface area contributed by atoms with E-state index in [1.807, 2.05) is 4.72 Å². The van der Waals surface area contributed by atoms with E-state index in [9.17, 15) is 39.6 Å². The van der Waals surface area contributed by atoms with Crippen molar-refractivity contribution in [3.05, 3.63) is 29.3 Å². The van der Waals surface area contributed by atoms with E-state index < -0.39 is 50.4 Å². The molecule has 0 radical (unpaired) electrons. The van der Waals surface area contributed by atoms with Crippen LogP contribution in [-0.4, -0.2) is 27.5 Å². The van der Waals surface area contributed by atoms with Crippen LogP contribution in [0.4, 0.5) is 26.3 Å². The molecule has 12 heteroatoms. The maximum Gasteiger partial charge on any atom is 0.416 e. The molecule has 30 heavy (non-hydrogen) atoms. The SMILES string of the molecule is COC(=O)C(CC1CCCCC1)NS(=O)(=O)c1cc(C(F)(F)F)cc(C(F)(F)F)c1. The van der Waals surface area contributed by atoms with Crippen LogP contribution in [0.3, 0.4) is 0 Å². The quantitative estimate of drug-likeness (QED) is 0.500. The Balaban J connectivity index is 2.40. The van der Waals surface area contributed by atoms with Gasteiger partial charge < -0.3 is 4.74 Å². The fraction of sp³-hybridized carbons (Fsp3) is 0.611. The Hall–Kier alpha value is -1.82. The third-order valence-electron chi connectivity index (χ3n) is 4.95. The highest BCUT2D eigenvalue weighted by molar-refractivity contribution is 7.89. The first-order chi connectivity index (χ1) is 13.7. The number of hydrogen-bond acceptors (Lipinski definition) is 4. The third kappa shape index (κ3) is 6.34. The Labute approximate surface area is 169 Å². The van der Waals surface area contributed by atoms with E-state index in [0.29, 0.717) is 0 Å². The van der Waals surface area contributed by atoms with Crippen LogP contribution in [0.1, 0.15) is 49.7 Å². The molecule has 1 aromatic carbocycles. The van der Waals surface area contributed by atoms with Gasteiger partial charge in [-0.2, -0.15) is 31.1 Å². The van der Waals surface area contributed by atoms with E-state index in [1.165, 1.54) is 0 Å². The fourth-order valence-corrected chi connectivity index (χ4v) is 4.70. The molecule has 170 valence electrons. The van der Waals surface area contributed by atoms with Gasteiger partial charge in [-0.1, -0.05) is 32.1 Å². The lowest BCUT2D eigenvalue weighted by Crippen LogP contribution is -2.43. The number of sulfonamides is 1. The molecule has 1 aliphatic rings. The van der Waals surface area contributed by atoms with E-state index >= 15 is 0 Å². The second-order valence-corrected chi connectivity index (χ2v) is 8.89. The Morgan fingerprint density at radius 3 is 1.97 bits per heavy atom. The van der Waals surface area contributed by atoms with Crippen molar-refractivity contribution in [3.8, 4) is 0 Å². The topological polar surface area (TPSA) is 72.5 Å². The van der Waals surface area contributed by atoms with Crippen molar-refractivity contribution in [1.29, 1.82) is 0 Å². The van der Waals surface area contributed by atoms with Gasteiger partial charge in [0.2, 0.25) is 10.0 Å². The Kier molecular flexibility index (Phi) is 7.44. The van der Waals surface area contributed by atoms with Crippen LogP contribution in [0, 0.1) is 5.92 Å². The van der Waals surface area contributed by atoms with Gasteiger partial charge in [0, 0.05) is 0 Å². The summed E-state index contributed by atoms with van der Waals surface area (Å²) in [5.41, 5.74) is -3.53. The average Bonchev–Trinajstić information content (AvgIpc) is 2.65. The summed E-state index contributed by atoms with van der Waals surface area (Å²) < 4.78 is 110. The Morgan fingerprint density at radius 1 is 1.03 bits per heavy atom. The summed E-state index contributed by atoms with van der Waals surface area (Å²) in [6, 6.07) is -1.38. The summed E-state index contributed by atoms with van der Waals surface area (Å²) in [5.74, 6) is -0.982. The molecule has 1 unspecified atom stereocenters. The van der Waals surface area contributed by atoms with Crippen LogP contribution in [0.5, 0.6) is 0 Å². The lowest BCUT2D eigenvalue weighted by atomic mass is 9.85. The molecule has 5 nitrogen and oxygen atoms in total. The molecule has 1 fully saturated rings. The summed E-state index contributed by atoms with van der Waals surface area (Å²) in [5, 5.41) is 0. The van der Waals surface area contributed by atoms with E-state index in [0.717, 1.165) is 39.2 Å². The van der Waals surface area contributed by atoms with Gasteiger partial charge >= 0.3 is 18.3 Å². The molecule has 0 saturated heterocycles. The highest BCUT2D eigenvalue weighted by Gasteiger charge is 2.39. The van der Waals surface area contributed by atoms with Gasteiger partial charge in [-0.3, -0.25) is 4.79 Å². The Morgan fingerprint density at radius 2 is 1.53 bits per heavy atom. The van der Waals surface area contributed by atoms with Crippen LogP contribution in [0.15, 0.2) is 23.1 Å². The zero-order valence-corrected chi connectivity index (χ0v) is 16.8. The summed E-state index contributed by atoms with van der Waals surface area (Å²) in [6.45, 7) is 0. The lowest BCUT2D eigenvalue weighted by Gasteiger charge is -2.26. The molecule has 0 aromatic heterocycles. The summed E-state index contributed by atoms with van der Waals surface area (Å²) in [7, 11) is -3.87. The predicted octanol–water partition coefficient (Wildman–Crippen LogP) is 4.51. The zero-order valence-electron chi connectivity index (χ0n) is 15.9. The fourth-order valence-electron chi connectivity index (χ4n) is 3.43. The molecule has 0 aliphatic heterocycles. The second kappa shape index (κ2) is 9.13. The molecule has 0 heterocycles. The maximum absolute atomic E-state index is 13.0. The van der Waals surface area contributed by atoms with Gasteiger partial charge in [-0.15, -0.1) is 0 Å². The summed E-state index contributed by atoms with van der Waals surface area (Å²) >= 11 is 0. The number of benzene rings is 1. The van der Waals surface area contributed by atoms with E-state index in [-0.39, 0.29) is 30.5 Å². The second-order valence-electron chi connectivity index (χ2n) is 7.18. The van der Waals surface area contributed by atoms with E-state index in [2.05, 4.69) is 4.74 Å². The lowest BCUT2D eigenvalue weighted by molar-refractivity contribution is -0.144. The maximum atomic E-state index is 13.0. The molecule has 2 rings (SSSR count). The minimum absolute atomic E-state index is 0.0159. The number of methoxy groups -OCH3 is 1. The van der Waals surface area contributed by atoms with Gasteiger partial charge in [-0.05, 0) is 30.5 Å². The monoisotopic (exact) mass is 461 g/mol. The van der Waals surface area contributed by atoms with Crippen molar-refractivity contribution in [2.24, 2.45) is 5.92 Å². The normalized spacial score (nSPS) is 17.6. The van der Waals surface area contributed by atoms with Crippen molar-refractivity contribution in [2.75, 3.05) is 7.11 Å². The molecule has 0 spiro atoms. The van der Waals surface area contributed by atoms with Crippen molar-refractivity contribution in [3.63, 3.8) is 0 Å². The molecule has 1 saturated carbocycles. The predicted molar refractivity (Wildman–Crippen MR) is 93.8 cm³/mol. The largest absolute Gasteiger partial charge is 0.468 e. The van der Waals surface area contributed by atoms with Crippen LogP contribution >= 0.6 is 0 Å². The molecular formula is C18H21F6NO4S. The first-order valence-corrected chi connectivity index (χ1v) is 10.6. The number of ether oxygens (including phenoxy) is 1. The average molecular weight is 461 g/mol. The van der Waals surface area contributed by atoms with Crippen LogP contribution in [-0.2, 0) is 31.9 Å². The van der Waals surface area contributed by atoms with Crippen LogP contribution in [0.25, 0.3) is 0 Å². The molecule has 1 N–H and O–H groups in total. The number of alkyl halides is 6. The first-order valence-electron chi connectivity index (χ1n) is 9.13. The van der Waals surface area contributed by atoms with Crippen molar-refractivity contribution in [1.82, 2.24) is 4.72 Å². The number of rotatable bonds is 6. The molecule has 0 amide bonds. The number of esters is 1. The molecular weight excluding hydrogens is 440 g/mol. The smallest absolute Gasteiger partial charge is 0.416 e. The molecule has 1 aliphatic carbocycles. The van der Waals surface area contributed by atoms with Gasteiger partial charge in [0.15, 0.2) is 0 Å². The highest BCUT2D eigenvalue weighted by Crippen LogP contribution is 2.37. The van der Waals surface area contributed by atoms with Crippen molar-refractivity contribution in [2.45, 2.75) is 61.8 Å². The van der Waals surface area contributed by atoms with Crippen molar-refractivity contribution < 1.29 is 44.3 Å². The van der Waals surface area contributed by atoms with Gasteiger partial charge in [-0.25, -0.2) is 8.42 Å². The number of carbonyl (C=O) groups is 1. The number of carbonyl (C=O) groups excluding carboxylic acids is 1. The van der Waals surface area contributed by atoms with Gasteiger partial charge in [0.25, 0.3) is 0 Å². The number of hydrogen-bond donors (Lipinski definition) is 1.